The fraction of sp³-hybridized carbons (Fsp3) is 0.526. The molecule has 10 heteroatoms. The van der Waals surface area contributed by atoms with Gasteiger partial charge in [-0.15, -0.1) is 0 Å². The summed E-state index contributed by atoms with van der Waals surface area (Å²) in [6.07, 6.45) is 0.911. The molecule has 0 saturated carbocycles. The molecule has 1 fully saturated rings. The second kappa shape index (κ2) is 8.19. The van der Waals surface area contributed by atoms with Crippen LogP contribution in [0, 0.1) is 6.92 Å². The molecule has 0 bridgehead atoms. The largest absolute Gasteiger partial charge is 0.341 e. The van der Waals surface area contributed by atoms with Gasteiger partial charge in [0.25, 0.3) is 0 Å². The second-order valence-electron chi connectivity index (χ2n) is 7.52. The van der Waals surface area contributed by atoms with Gasteiger partial charge in [-0.25, -0.2) is 12.8 Å². The van der Waals surface area contributed by atoms with Gasteiger partial charge in [0.05, 0.1) is 16.9 Å². The molecule has 0 unspecified atom stereocenters. The first-order valence-electron chi connectivity index (χ1n) is 9.41. The predicted molar refractivity (Wildman–Crippen MR) is 105 cm³/mol. The monoisotopic (exact) mass is 424 g/mol. The van der Waals surface area contributed by atoms with Crippen LogP contribution >= 0.6 is 0 Å². The molecule has 3 rings (SSSR count). The maximum Gasteiger partial charge on any atom is 0.240 e. The summed E-state index contributed by atoms with van der Waals surface area (Å²) in [6.45, 7) is 4.18. The van der Waals surface area contributed by atoms with E-state index in [1.807, 2.05) is 0 Å². The number of halogens is 1. The van der Waals surface area contributed by atoms with Gasteiger partial charge in [-0.05, 0) is 43.5 Å². The number of rotatable bonds is 5. The average molecular weight is 424 g/mol. The lowest BCUT2D eigenvalue weighted by molar-refractivity contribution is -0.134. The Balaban J connectivity index is 1.76. The lowest BCUT2D eigenvalue weighted by Crippen LogP contribution is -2.49. The molecule has 1 aliphatic heterocycles. The van der Waals surface area contributed by atoms with Crippen LogP contribution in [0.1, 0.15) is 37.1 Å². The van der Waals surface area contributed by atoms with Crippen LogP contribution in [0.5, 0.6) is 0 Å². The molecule has 1 amide bonds. The normalized spacial score (nSPS) is 17.9. The third kappa shape index (κ3) is 4.64. The summed E-state index contributed by atoms with van der Waals surface area (Å²) >= 11 is 0. The SMILES string of the molecule is Cc1cc(S(C)(=O)=O)ccc1-c1noc([C@@H](C)[C@H](N)C(=O)N2CCC(F)CC2)n1. The van der Waals surface area contributed by atoms with E-state index in [4.69, 9.17) is 10.3 Å². The molecule has 29 heavy (non-hydrogen) atoms. The lowest BCUT2D eigenvalue weighted by atomic mass is 9.99. The van der Waals surface area contributed by atoms with Gasteiger partial charge in [-0.2, -0.15) is 4.98 Å². The lowest BCUT2D eigenvalue weighted by Gasteiger charge is -2.31. The summed E-state index contributed by atoms with van der Waals surface area (Å²) < 4.78 is 42.0. The summed E-state index contributed by atoms with van der Waals surface area (Å²) in [6, 6.07) is 3.78. The highest BCUT2D eigenvalue weighted by molar-refractivity contribution is 7.90. The Morgan fingerprint density at radius 1 is 1.34 bits per heavy atom. The molecular weight excluding hydrogens is 399 g/mol. The minimum absolute atomic E-state index is 0.209. The van der Waals surface area contributed by atoms with Crippen LogP contribution in [0.25, 0.3) is 11.4 Å². The van der Waals surface area contributed by atoms with Crippen LogP contribution in [0.2, 0.25) is 0 Å². The number of aryl methyl sites for hydroxylation is 1. The van der Waals surface area contributed by atoms with E-state index in [-0.39, 0.29) is 16.7 Å². The maximum atomic E-state index is 13.3. The number of carbonyl (C=O) groups excluding carboxylic acids is 1. The smallest absolute Gasteiger partial charge is 0.240 e. The molecule has 0 aliphatic carbocycles. The molecule has 1 aliphatic rings. The highest BCUT2D eigenvalue weighted by Crippen LogP contribution is 2.26. The first kappa shape index (κ1) is 21.4. The van der Waals surface area contributed by atoms with Crippen LogP contribution in [0.4, 0.5) is 4.39 Å². The van der Waals surface area contributed by atoms with Gasteiger partial charge in [0, 0.05) is 24.9 Å². The van der Waals surface area contributed by atoms with Crippen molar-refractivity contribution < 1.29 is 22.1 Å². The fourth-order valence-corrected chi connectivity index (χ4v) is 4.00. The van der Waals surface area contributed by atoms with Gasteiger partial charge < -0.3 is 15.2 Å². The number of piperidine rings is 1. The van der Waals surface area contributed by atoms with Crippen molar-refractivity contribution in [3.8, 4) is 11.4 Å². The Hall–Kier alpha value is -2.33. The van der Waals surface area contributed by atoms with Crippen molar-refractivity contribution in [2.45, 2.75) is 49.7 Å². The van der Waals surface area contributed by atoms with E-state index in [2.05, 4.69) is 10.1 Å². The van der Waals surface area contributed by atoms with E-state index >= 15 is 0 Å². The third-order valence-corrected chi connectivity index (χ3v) is 6.37. The van der Waals surface area contributed by atoms with E-state index in [0.29, 0.717) is 42.9 Å². The zero-order chi connectivity index (χ0) is 21.3. The molecule has 1 saturated heterocycles. The standard InChI is InChI=1S/C19H25FN4O4S/c1-11-10-14(29(3,26)27)4-5-15(11)17-22-18(28-23-17)12(2)16(21)19(25)24-8-6-13(20)7-9-24/h4-5,10,12-13,16H,6-9,21H2,1-3H3/t12-,16-/m0/s1. The van der Waals surface area contributed by atoms with Gasteiger partial charge >= 0.3 is 0 Å². The van der Waals surface area contributed by atoms with Gasteiger partial charge in [0.15, 0.2) is 9.84 Å². The topological polar surface area (TPSA) is 119 Å². The predicted octanol–water partition coefficient (Wildman–Crippen LogP) is 1.84. The zero-order valence-corrected chi connectivity index (χ0v) is 17.4. The molecule has 1 aromatic heterocycles. The number of amides is 1. The number of aromatic nitrogens is 2. The number of sulfone groups is 1. The summed E-state index contributed by atoms with van der Waals surface area (Å²) in [5, 5.41) is 3.96. The van der Waals surface area contributed by atoms with Crippen LogP contribution < -0.4 is 5.73 Å². The number of carbonyl (C=O) groups is 1. The average Bonchev–Trinajstić information content (AvgIpc) is 3.16. The molecule has 2 N–H and O–H groups in total. The Morgan fingerprint density at radius 3 is 2.59 bits per heavy atom. The van der Waals surface area contributed by atoms with E-state index in [0.717, 1.165) is 6.26 Å². The molecule has 2 heterocycles. The fourth-order valence-electron chi connectivity index (χ4n) is 3.29. The Labute approximate surface area is 169 Å². The molecule has 2 aromatic rings. The highest BCUT2D eigenvalue weighted by Gasteiger charge is 2.32. The molecule has 2 atom stereocenters. The molecular formula is C19H25FN4O4S. The summed E-state index contributed by atoms with van der Waals surface area (Å²) in [5.74, 6) is -0.282. The van der Waals surface area contributed by atoms with Gasteiger partial charge in [0.1, 0.15) is 6.17 Å². The third-order valence-electron chi connectivity index (χ3n) is 5.26. The maximum absolute atomic E-state index is 13.3. The minimum Gasteiger partial charge on any atom is -0.341 e. The first-order valence-corrected chi connectivity index (χ1v) is 11.3. The van der Waals surface area contributed by atoms with Crippen LogP contribution in [-0.2, 0) is 14.6 Å². The molecule has 8 nitrogen and oxygen atoms in total. The highest BCUT2D eigenvalue weighted by atomic mass is 32.2. The number of hydrogen-bond acceptors (Lipinski definition) is 7. The van der Waals surface area contributed by atoms with Crippen LogP contribution in [-0.4, -0.2) is 60.9 Å². The van der Waals surface area contributed by atoms with Crippen molar-refractivity contribution in [2.75, 3.05) is 19.3 Å². The number of alkyl halides is 1. The number of nitrogens with two attached hydrogens (primary N) is 1. The summed E-state index contributed by atoms with van der Waals surface area (Å²) in [7, 11) is -3.31. The number of hydrogen-bond donors (Lipinski definition) is 1. The summed E-state index contributed by atoms with van der Waals surface area (Å²) in [5.41, 5.74) is 7.44. The Kier molecular flexibility index (Phi) is 6.04. The Bertz CT molecular complexity index is 999. The van der Waals surface area contributed by atoms with Crippen LogP contribution in [0.15, 0.2) is 27.6 Å². The molecule has 158 valence electrons. The number of benzene rings is 1. The number of likely N-dealkylation sites (tertiary alicyclic amines) is 1. The van der Waals surface area contributed by atoms with E-state index in [9.17, 15) is 17.6 Å². The molecule has 1 aromatic carbocycles. The molecule has 0 radical (unpaired) electrons. The van der Waals surface area contributed by atoms with Crippen molar-refractivity contribution in [2.24, 2.45) is 5.73 Å². The van der Waals surface area contributed by atoms with Crippen molar-refractivity contribution >= 4 is 15.7 Å². The van der Waals surface area contributed by atoms with E-state index < -0.39 is 28.0 Å². The van der Waals surface area contributed by atoms with Crippen molar-refractivity contribution in [1.82, 2.24) is 15.0 Å². The zero-order valence-electron chi connectivity index (χ0n) is 16.6. The van der Waals surface area contributed by atoms with E-state index in [1.54, 1.807) is 30.9 Å². The first-order chi connectivity index (χ1) is 13.6. The summed E-state index contributed by atoms with van der Waals surface area (Å²) in [4.78, 5) is 18.8. The van der Waals surface area contributed by atoms with Gasteiger partial charge in [-0.1, -0.05) is 12.1 Å². The number of nitrogens with zero attached hydrogens (tertiary/aromatic N) is 3. The Morgan fingerprint density at radius 2 is 2.00 bits per heavy atom. The van der Waals surface area contributed by atoms with Gasteiger partial charge in [0.2, 0.25) is 17.6 Å². The van der Waals surface area contributed by atoms with Crippen molar-refractivity contribution in [3.63, 3.8) is 0 Å². The second-order valence-corrected chi connectivity index (χ2v) is 9.54. The quantitative estimate of drug-likeness (QED) is 0.778. The van der Waals surface area contributed by atoms with Crippen molar-refractivity contribution in [1.29, 1.82) is 0 Å². The van der Waals surface area contributed by atoms with Gasteiger partial charge in [-0.3, -0.25) is 4.79 Å². The van der Waals surface area contributed by atoms with Crippen molar-refractivity contribution in [3.05, 3.63) is 29.7 Å². The minimum atomic E-state index is -3.31. The van der Waals surface area contributed by atoms with E-state index in [1.165, 1.54) is 6.07 Å². The molecule has 0 spiro atoms. The van der Waals surface area contributed by atoms with Crippen LogP contribution in [0.3, 0.4) is 0 Å².